The minimum Gasteiger partial charge on any atom is -0.408 e. The molecule has 0 spiro atoms. The maximum absolute atomic E-state index is 13.4. The fraction of sp³-hybridized carbons (Fsp3) is 0.294. The van der Waals surface area contributed by atoms with E-state index in [9.17, 15) is 12.8 Å². The van der Waals surface area contributed by atoms with Crippen LogP contribution in [0.3, 0.4) is 0 Å². The summed E-state index contributed by atoms with van der Waals surface area (Å²) in [5, 5.41) is 6.35. The van der Waals surface area contributed by atoms with E-state index in [0.29, 0.717) is 38.7 Å². The molecular formula is C17H17FN4O3S3. The van der Waals surface area contributed by atoms with Crippen molar-refractivity contribution in [3.63, 3.8) is 0 Å². The maximum Gasteiger partial charge on any atom is 0.288 e. The molecule has 1 saturated heterocycles. The average Bonchev–Trinajstić information content (AvgIpc) is 3.33. The number of piperazine rings is 1. The summed E-state index contributed by atoms with van der Waals surface area (Å²) in [6, 6.07) is 8.90. The van der Waals surface area contributed by atoms with E-state index in [1.54, 1.807) is 4.68 Å². The van der Waals surface area contributed by atoms with Gasteiger partial charge in [0.25, 0.3) is 10.7 Å². The molecular weight excluding hydrogens is 423 g/mol. The van der Waals surface area contributed by atoms with Gasteiger partial charge in [-0.3, -0.25) is 4.90 Å². The van der Waals surface area contributed by atoms with Crippen LogP contribution in [0.2, 0.25) is 0 Å². The molecule has 1 aliphatic rings. The van der Waals surface area contributed by atoms with Crippen LogP contribution in [0.5, 0.6) is 0 Å². The molecule has 2 aromatic heterocycles. The number of hydrogen-bond donors (Lipinski definition) is 0. The van der Waals surface area contributed by atoms with E-state index in [1.165, 1.54) is 33.8 Å². The molecule has 0 unspecified atom stereocenters. The summed E-state index contributed by atoms with van der Waals surface area (Å²) < 4.78 is 47.3. The molecule has 0 radical (unpaired) electrons. The van der Waals surface area contributed by atoms with Crippen LogP contribution in [0, 0.1) is 10.7 Å². The summed E-state index contributed by atoms with van der Waals surface area (Å²) in [5.74, 6) is -0.0889. The van der Waals surface area contributed by atoms with Crippen molar-refractivity contribution >= 4 is 33.6 Å². The van der Waals surface area contributed by atoms with Crippen molar-refractivity contribution < 1.29 is 17.2 Å². The van der Waals surface area contributed by atoms with Crippen molar-refractivity contribution in [2.45, 2.75) is 11.6 Å². The van der Waals surface area contributed by atoms with E-state index in [4.69, 9.17) is 16.6 Å². The van der Waals surface area contributed by atoms with E-state index in [2.05, 4.69) is 5.10 Å². The standard InChI is InChI=1S/C17H17FN4O3S3/c18-13-3-1-4-14(11-13)28(23,24)21-8-6-20(7-9-21)12-22-17(26)25-16(19-22)15-5-2-10-27-15/h1-5,10-11H,6-9,12H2. The van der Waals surface area contributed by atoms with Gasteiger partial charge in [0.05, 0.1) is 16.4 Å². The number of sulfonamides is 1. The van der Waals surface area contributed by atoms with Gasteiger partial charge in [-0.05, 0) is 41.9 Å². The molecule has 0 saturated carbocycles. The third-order valence-corrected chi connectivity index (χ3v) is 7.48. The van der Waals surface area contributed by atoms with Gasteiger partial charge in [-0.25, -0.2) is 17.5 Å². The molecule has 0 amide bonds. The van der Waals surface area contributed by atoms with E-state index < -0.39 is 15.8 Å². The van der Waals surface area contributed by atoms with Crippen LogP contribution in [-0.2, 0) is 16.7 Å². The fourth-order valence-corrected chi connectivity index (χ4v) is 5.25. The highest BCUT2D eigenvalue weighted by Gasteiger charge is 2.29. The third-order valence-electron chi connectivity index (χ3n) is 4.44. The summed E-state index contributed by atoms with van der Waals surface area (Å²) in [6.45, 7) is 2.06. The topological polar surface area (TPSA) is 71.6 Å². The molecule has 3 heterocycles. The summed E-state index contributed by atoms with van der Waals surface area (Å²) >= 11 is 6.76. The largest absolute Gasteiger partial charge is 0.408 e. The lowest BCUT2D eigenvalue weighted by Gasteiger charge is -2.33. The Balaban J connectivity index is 1.42. The number of halogens is 1. The lowest BCUT2D eigenvalue weighted by molar-refractivity contribution is 0.143. The maximum atomic E-state index is 13.4. The summed E-state index contributed by atoms with van der Waals surface area (Å²) in [4.78, 5) is 3.20. The highest BCUT2D eigenvalue weighted by atomic mass is 32.2. The molecule has 1 aliphatic heterocycles. The Kier molecular flexibility index (Phi) is 5.43. The summed E-state index contributed by atoms with van der Waals surface area (Å²) in [5.41, 5.74) is 0. The quantitative estimate of drug-likeness (QED) is 0.568. The number of benzene rings is 1. The third kappa shape index (κ3) is 3.94. The van der Waals surface area contributed by atoms with Crippen molar-refractivity contribution in [2.24, 2.45) is 0 Å². The monoisotopic (exact) mass is 440 g/mol. The van der Waals surface area contributed by atoms with Gasteiger partial charge >= 0.3 is 0 Å². The molecule has 1 fully saturated rings. The van der Waals surface area contributed by atoms with Gasteiger partial charge in [-0.2, -0.15) is 4.31 Å². The number of nitrogens with zero attached hydrogens (tertiary/aromatic N) is 4. The minimum atomic E-state index is -3.71. The van der Waals surface area contributed by atoms with Crippen LogP contribution in [0.4, 0.5) is 4.39 Å². The SMILES string of the molecule is O=S(=O)(c1cccc(F)c1)N1CCN(Cn2nc(-c3cccs3)oc2=S)CC1. The molecule has 0 N–H and O–H groups in total. The molecule has 3 aromatic rings. The molecule has 0 aliphatic carbocycles. The Bertz CT molecular complexity index is 1120. The lowest BCUT2D eigenvalue weighted by atomic mass is 10.4. The molecule has 0 atom stereocenters. The fourth-order valence-electron chi connectivity index (χ4n) is 2.97. The number of thiophene rings is 1. The predicted molar refractivity (Wildman–Crippen MR) is 105 cm³/mol. The first kappa shape index (κ1) is 19.4. The zero-order valence-electron chi connectivity index (χ0n) is 14.7. The minimum absolute atomic E-state index is 0.0275. The highest BCUT2D eigenvalue weighted by Crippen LogP contribution is 2.23. The first-order valence-electron chi connectivity index (χ1n) is 8.53. The van der Waals surface area contributed by atoms with E-state index in [0.717, 1.165) is 10.9 Å². The Morgan fingerprint density at radius 2 is 1.96 bits per heavy atom. The zero-order valence-corrected chi connectivity index (χ0v) is 17.1. The van der Waals surface area contributed by atoms with Crippen molar-refractivity contribution in [3.05, 3.63) is 52.4 Å². The summed E-state index contributed by atoms with van der Waals surface area (Å²) in [7, 11) is -3.71. The van der Waals surface area contributed by atoms with Gasteiger partial charge in [-0.15, -0.1) is 16.4 Å². The molecule has 148 valence electrons. The second-order valence-corrected chi connectivity index (χ2v) is 9.51. The van der Waals surface area contributed by atoms with E-state index in [1.807, 2.05) is 22.4 Å². The smallest absolute Gasteiger partial charge is 0.288 e. The predicted octanol–water partition coefficient (Wildman–Crippen LogP) is 3.04. The normalized spacial score (nSPS) is 16.5. The van der Waals surface area contributed by atoms with Gasteiger partial charge in [0.2, 0.25) is 10.0 Å². The Morgan fingerprint density at radius 1 is 1.18 bits per heavy atom. The second-order valence-electron chi connectivity index (χ2n) is 6.27. The van der Waals surface area contributed by atoms with Crippen molar-refractivity contribution in [1.29, 1.82) is 0 Å². The Hall–Kier alpha value is -1.92. The van der Waals surface area contributed by atoms with Crippen LogP contribution in [0.15, 0.2) is 51.1 Å². The first-order chi connectivity index (χ1) is 13.4. The average molecular weight is 441 g/mol. The zero-order chi connectivity index (χ0) is 19.7. The molecule has 4 rings (SSSR count). The highest BCUT2D eigenvalue weighted by molar-refractivity contribution is 7.89. The van der Waals surface area contributed by atoms with Crippen molar-refractivity contribution in [2.75, 3.05) is 26.2 Å². The molecule has 0 bridgehead atoms. The Labute approximate surface area is 170 Å². The first-order valence-corrected chi connectivity index (χ1v) is 11.3. The van der Waals surface area contributed by atoms with Gasteiger partial charge in [0.1, 0.15) is 5.82 Å². The van der Waals surface area contributed by atoms with Gasteiger partial charge in [0.15, 0.2) is 0 Å². The second kappa shape index (κ2) is 7.84. The molecule has 7 nitrogen and oxygen atoms in total. The summed E-state index contributed by atoms with van der Waals surface area (Å²) in [6.07, 6.45) is 0. The van der Waals surface area contributed by atoms with Gasteiger partial charge < -0.3 is 4.42 Å². The lowest BCUT2D eigenvalue weighted by Crippen LogP contribution is -2.48. The van der Waals surface area contributed by atoms with Crippen LogP contribution < -0.4 is 0 Å². The van der Waals surface area contributed by atoms with Gasteiger partial charge in [-0.1, -0.05) is 12.1 Å². The van der Waals surface area contributed by atoms with Crippen LogP contribution in [-0.4, -0.2) is 53.6 Å². The molecule has 28 heavy (non-hydrogen) atoms. The van der Waals surface area contributed by atoms with Crippen molar-refractivity contribution in [3.8, 4) is 10.8 Å². The number of aromatic nitrogens is 2. The number of rotatable bonds is 5. The number of hydrogen-bond acceptors (Lipinski definition) is 7. The molecule has 1 aromatic carbocycles. The van der Waals surface area contributed by atoms with Crippen LogP contribution in [0.25, 0.3) is 10.8 Å². The van der Waals surface area contributed by atoms with E-state index >= 15 is 0 Å². The van der Waals surface area contributed by atoms with Gasteiger partial charge in [0, 0.05) is 26.2 Å². The Morgan fingerprint density at radius 3 is 2.64 bits per heavy atom. The molecule has 11 heteroatoms. The van der Waals surface area contributed by atoms with E-state index in [-0.39, 0.29) is 9.73 Å². The van der Waals surface area contributed by atoms with Crippen LogP contribution in [0.1, 0.15) is 0 Å². The van der Waals surface area contributed by atoms with Crippen LogP contribution >= 0.6 is 23.6 Å². The van der Waals surface area contributed by atoms with Crippen molar-refractivity contribution in [1.82, 2.24) is 19.0 Å².